The zero-order valence-electron chi connectivity index (χ0n) is 11.9. The monoisotopic (exact) mass is 279 g/mol. The van der Waals surface area contributed by atoms with E-state index in [1.165, 1.54) is 12.8 Å². The maximum absolute atomic E-state index is 12.3. The molecule has 1 aliphatic heterocycles. The molecule has 1 aliphatic rings. The molecule has 0 spiro atoms. The van der Waals surface area contributed by atoms with Gasteiger partial charge in [0.05, 0.1) is 24.5 Å². The van der Waals surface area contributed by atoms with Gasteiger partial charge in [0, 0.05) is 17.3 Å². The van der Waals surface area contributed by atoms with Gasteiger partial charge in [-0.25, -0.2) is 0 Å². The Balaban J connectivity index is 2.12. The number of methoxy groups -OCH3 is 1. The fourth-order valence-electron chi connectivity index (χ4n) is 2.52. The quantitative estimate of drug-likeness (QED) is 0.849. The molecule has 1 unspecified atom stereocenters. The summed E-state index contributed by atoms with van der Waals surface area (Å²) in [6.07, 6.45) is 5.66. The Kier molecular flexibility index (Phi) is 4.86. The number of hydrogen-bond donors (Lipinski definition) is 0. The zero-order valence-corrected chi connectivity index (χ0v) is 12.7. The third-order valence-electron chi connectivity index (χ3n) is 3.63. The number of carbonyl (C=O) groups is 1. The molecule has 2 heterocycles. The number of aromatic nitrogens is 1. The molecule has 1 atom stereocenters. The number of nitrogens with zero attached hydrogens (tertiary/aromatic N) is 1. The van der Waals surface area contributed by atoms with Crippen LogP contribution < -0.4 is 4.74 Å². The summed E-state index contributed by atoms with van der Waals surface area (Å²) in [5.41, 5.74) is 2.87. The maximum Gasteiger partial charge on any atom is 0.151 e. The highest BCUT2D eigenvalue weighted by Crippen LogP contribution is 2.28. The summed E-state index contributed by atoms with van der Waals surface area (Å²) < 4.78 is 5.39. The van der Waals surface area contributed by atoms with E-state index in [9.17, 15) is 4.79 Å². The Labute approximate surface area is 119 Å². The summed E-state index contributed by atoms with van der Waals surface area (Å²) >= 11 is 1.80. The van der Waals surface area contributed by atoms with Gasteiger partial charge in [0.15, 0.2) is 5.78 Å². The molecule has 19 heavy (non-hydrogen) atoms. The van der Waals surface area contributed by atoms with Gasteiger partial charge in [-0.3, -0.25) is 9.78 Å². The van der Waals surface area contributed by atoms with Crippen molar-refractivity contribution in [1.82, 2.24) is 4.98 Å². The average molecular weight is 279 g/mol. The zero-order chi connectivity index (χ0) is 13.8. The predicted molar refractivity (Wildman–Crippen MR) is 79.1 cm³/mol. The van der Waals surface area contributed by atoms with Gasteiger partial charge in [-0.1, -0.05) is 6.42 Å². The van der Waals surface area contributed by atoms with E-state index in [1.807, 2.05) is 13.8 Å². The lowest BCUT2D eigenvalue weighted by Gasteiger charge is -2.20. The summed E-state index contributed by atoms with van der Waals surface area (Å²) in [5.74, 6) is 2.28. The second kappa shape index (κ2) is 6.42. The first-order valence-electron chi connectivity index (χ1n) is 6.77. The fourth-order valence-corrected chi connectivity index (χ4v) is 3.78. The molecule has 104 valence electrons. The van der Waals surface area contributed by atoms with Gasteiger partial charge in [-0.05, 0) is 32.4 Å². The summed E-state index contributed by atoms with van der Waals surface area (Å²) in [6.45, 7) is 3.96. The van der Waals surface area contributed by atoms with Gasteiger partial charge < -0.3 is 4.74 Å². The van der Waals surface area contributed by atoms with Crippen LogP contribution in [0.3, 0.4) is 0 Å². The molecule has 0 N–H and O–H groups in total. The van der Waals surface area contributed by atoms with Crippen LogP contribution >= 0.6 is 11.8 Å². The molecular weight excluding hydrogens is 258 g/mol. The molecule has 0 saturated carbocycles. The van der Waals surface area contributed by atoms with Crippen molar-refractivity contribution in [1.29, 1.82) is 0 Å². The van der Waals surface area contributed by atoms with E-state index in [2.05, 4.69) is 4.98 Å². The summed E-state index contributed by atoms with van der Waals surface area (Å²) in [6, 6.07) is 0. The first-order valence-corrected chi connectivity index (χ1v) is 7.81. The number of aryl methyl sites for hydroxylation is 1. The summed E-state index contributed by atoms with van der Waals surface area (Å²) in [7, 11) is 1.66. The van der Waals surface area contributed by atoms with Crippen LogP contribution in [0, 0.1) is 13.8 Å². The van der Waals surface area contributed by atoms with E-state index < -0.39 is 0 Å². The Morgan fingerprint density at radius 1 is 1.47 bits per heavy atom. The molecule has 1 aromatic heterocycles. The van der Waals surface area contributed by atoms with Gasteiger partial charge in [0.1, 0.15) is 5.75 Å². The van der Waals surface area contributed by atoms with Crippen molar-refractivity contribution < 1.29 is 9.53 Å². The first-order chi connectivity index (χ1) is 9.13. The molecule has 4 heteroatoms. The van der Waals surface area contributed by atoms with Gasteiger partial charge in [0.2, 0.25) is 0 Å². The van der Waals surface area contributed by atoms with Crippen molar-refractivity contribution in [2.24, 2.45) is 0 Å². The number of ether oxygens (including phenoxy) is 1. The molecule has 1 aromatic rings. The summed E-state index contributed by atoms with van der Waals surface area (Å²) in [5, 5.41) is 0.169. The van der Waals surface area contributed by atoms with Gasteiger partial charge in [0.25, 0.3) is 0 Å². The standard InChI is InChI=1S/C15H21NO2S/c1-10-9-16-12(11(2)15(10)18-3)8-13(17)14-6-4-5-7-19-14/h9,14H,4-8H2,1-3H3. The fraction of sp³-hybridized carbons (Fsp3) is 0.600. The van der Waals surface area contributed by atoms with Crippen molar-refractivity contribution in [3.63, 3.8) is 0 Å². The Bertz CT molecular complexity index is 467. The lowest BCUT2D eigenvalue weighted by molar-refractivity contribution is -0.118. The van der Waals surface area contributed by atoms with Crippen LogP contribution in [0.15, 0.2) is 6.20 Å². The van der Waals surface area contributed by atoms with Gasteiger partial charge in [-0.2, -0.15) is 11.8 Å². The van der Waals surface area contributed by atoms with Crippen LogP contribution in [0.4, 0.5) is 0 Å². The molecule has 0 radical (unpaired) electrons. The van der Waals surface area contributed by atoms with Crippen LogP contribution in [0.25, 0.3) is 0 Å². The van der Waals surface area contributed by atoms with E-state index >= 15 is 0 Å². The molecule has 0 aliphatic carbocycles. The van der Waals surface area contributed by atoms with E-state index in [0.29, 0.717) is 12.2 Å². The second-order valence-electron chi connectivity index (χ2n) is 5.04. The SMILES string of the molecule is COc1c(C)cnc(CC(=O)C2CCCCS2)c1C. The lowest BCUT2D eigenvalue weighted by Crippen LogP contribution is -2.23. The molecule has 1 fully saturated rings. The van der Waals surface area contributed by atoms with Crippen molar-refractivity contribution in [3.8, 4) is 5.75 Å². The Morgan fingerprint density at radius 2 is 2.26 bits per heavy atom. The van der Waals surface area contributed by atoms with Crippen LogP contribution in [-0.4, -0.2) is 28.9 Å². The highest BCUT2D eigenvalue weighted by molar-refractivity contribution is 8.00. The number of ketones is 1. The Hall–Kier alpha value is -1.03. The highest BCUT2D eigenvalue weighted by Gasteiger charge is 2.23. The largest absolute Gasteiger partial charge is 0.496 e. The lowest BCUT2D eigenvalue weighted by atomic mass is 10.0. The minimum absolute atomic E-state index is 0.169. The molecule has 0 amide bonds. The first kappa shape index (κ1) is 14.4. The second-order valence-corrected chi connectivity index (χ2v) is 6.36. The third-order valence-corrected chi connectivity index (χ3v) is 5.06. The highest BCUT2D eigenvalue weighted by atomic mass is 32.2. The molecule has 3 nitrogen and oxygen atoms in total. The number of Topliss-reactive ketones (excluding diaryl/α,β-unsaturated/α-hetero) is 1. The van der Waals surface area contributed by atoms with Crippen molar-refractivity contribution in [3.05, 3.63) is 23.0 Å². The molecule has 0 aromatic carbocycles. The average Bonchev–Trinajstić information content (AvgIpc) is 2.43. The van der Waals surface area contributed by atoms with Crippen molar-refractivity contribution in [2.45, 2.75) is 44.8 Å². The number of rotatable bonds is 4. The van der Waals surface area contributed by atoms with Crippen LogP contribution in [0.1, 0.15) is 36.1 Å². The predicted octanol–water partition coefficient (Wildman–Crippen LogP) is 3.10. The molecule has 2 rings (SSSR count). The van der Waals surface area contributed by atoms with Crippen molar-refractivity contribution >= 4 is 17.5 Å². The minimum Gasteiger partial charge on any atom is -0.496 e. The van der Waals surface area contributed by atoms with Crippen molar-refractivity contribution in [2.75, 3.05) is 12.9 Å². The van der Waals surface area contributed by atoms with Gasteiger partial charge in [-0.15, -0.1) is 0 Å². The molecule has 1 saturated heterocycles. The van der Waals surface area contributed by atoms with E-state index in [1.54, 1.807) is 25.1 Å². The van der Waals surface area contributed by atoms with E-state index in [0.717, 1.165) is 34.7 Å². The maximum atomic E-state index is 12.3. The minimum atomic E-state index is 0.169. The topological polar surface area (TPSA) is 39.2 Å². The van der Waals surface area contributed by atoms with E-state index in [-0.39, 0.29) is 5.25 Å². The number of thioether (sulfide) groups is 1. The van der Waals surface area contributed by atoms with Crippen LogP contribution in [0.2, 0.25) is 0 Å². The smallest absolute Gasteiger partial charge is 0.151 e. The van der Waals surface area contributed by atoms with Gasteiger partial charge >= 0.3 is 0 Å². The normalized spacial score (nSPS) is 19.2. The summed E-state index contributed by atoms with van der Waals surface area (Å²) in [4.78, 5) is 16.7. The van der Waals surface area contributed by atoms with E-state index in [4.69, 9.17) is 4.74 Å². The molecule has 0 bridgehead atoms. The number of pyridine rings is 1. The number of carbonyl (C=O) groups excluding carboxylic acids is 1. The van der Waals surface area contributed by atoms with Crippen LogP contribution in [0.5, 0.6) is 5.75 Å². The molecular formula is C15H21NO2S. The van der Waals surface area contributed by atoms with Crippen LogP contribution in [-0.2, 0) is 11.2 Å². The third kappa shape index (κ3) is 3.30. The Morgan fingerprint density at radius 3 is 2.89 bits per heavy atom. The number of hydrogen-bond acceptors (Lipinski definition) is 4.